The first-order valence-corrected chi connectivity index (χ1v) is 17.6. The lowest BCUT2D eigenvalue weighted by Gasteiger charge is -2.49. The van der Waals surface area contributed by atoms with Crippen LogP contribution in [-0.2, 0) is 61.9 Å². The lowest BCUT2D eigenvalue weighted by atomic mass is 9.98. The van der Waals surface area contributed by atoms with Crippen molar-refractivity contribution in [1.29, 1.82) is 5.26 Å². The van der Waals surface area contributed by atoms with Gasteiger partial charge in [-0.1, -0.05) is 24.3 Å². The molecule has 0 radical (unpaired) electrons. The molecule has 1 aromatic carbocycles. The van der Waals surface area contributed by atoms with Crippen LogP contribution < -0.4 is 5.32 Å². The van der Waals surface area contributed by atoms with Gasteiger partial charge in [0.15, 0.2) is 24.6 Å². The molecule has 0 aliphatic carbocycles. The Morgan fingerprint density at radius 3 is 2.04 bits per heavy atom. The molecule has 2 aliphatic rings. The van der Waals surface area contributed by atoms with Crippen LogP contribution in [-0.4, -0.2) is 114 Å². The van der Waals surface area contributed by atoms with E-state index in [2.05, 4.69) is 11.9 Å². The third-order valence-electron chi connectivity index (χ3n) is 7.20. The second kappa shape index (κ2) is 20.0. The van der Waals surface area contributed by atoms with Gasteiger partial charge in [-0.25, -0.2) is 4.79 Å². The third kappa shape index (κ3) is 12.2. The summed E-state index contributed by atoms with van der Waals surface area (Å²) in [6.45, 7) is 8.87. The Labute approximate surface area is 303 Å². The number of hydrogen-bond donors (Lipinski definition) is 1. The van der Waals surface area contributed by atoms with Crippen molar-refractivity contribution in [3.05, 3.63) is 48.6 Å². The number of amides is 1. The van der Waals surface area contributed by atoms with Gasteiger partial charge in [0.2, 0.25) is 5.91 Å². The van der Waals surface area contributed by atoms with Crippen LogP contribution in [0.25, 0.3) is 0 Å². The third-order valence-corrected chi connectivity index (χ3v) is 9.36. The van der Waals surface area contributed by atoms with E-state index in [1.165, 1.54) is 25.1 Å². The predicted octanol–water partition coefficient (Wildman–Crippen LogP) is 2.04. The molecule has 1 amide bonds. The van der Waals surface area contributed by atoms with E-state index < -0.39 is 102 Å². The molecule has 278 valence electrons. The molecule has 0 unspecified atom stereocenters. The van der Waals surface area contributed by atoms with E-state index in [-0.39, 0.29) is 17.9 Å². The van der Waals surface area contributed by atoms with Gasteiger partial charge in [-0.15, -0.1) is 18.3 Å². The first-order valence-electron chi connectivity index (χ1n) is 15.6. The summed E-state index contributed by atoms with van der Waals surface area (Å²) in [7, 11) is 0. The molecule has 1 N–H and O–H groups in total. The average Bonchev–Trinajstić information content (AvgIpc) is 3.06. The zero-order valence-electron chi connectivity index (χ0n) is 28.5. The minimum atomic E-state index is -1.47. The van der Waals surface area contributed by atoms with Crippen molar-refractivity contribution in [3.8, 4) is 5.40 Å². The number of thiocyanates is 1. The predicted molar refractivity (Wildman–Crippen MR) is 179 cm³/mol. The maximum absolute atomic E-state index is 13.6. The molecular formula is C33H40N2O14S2. The fourth-order valence-corrected chi connectivity index (χ4v) is 7.62. The Kier molecular flexibility index (Phi) is 16.2. The van der Waals surface area contributed by atoms with Crippen LogP contribution in [0.5, 0.6) is 0 Å². The van der Waals surface area contributed by atoms with Crippen LogP contribution in [0.1, 0.15) is 45.0 Å². The van der Waals surface area contributed by atoms with Gasteiger partial charge in [-0.05, 0) is 23.9 Å². The number of nitriles is 1. The van der Waals surface area contributed by atoms with Gasteiger partial charge in [0.25, 0.3) is 0 Å². The van der Waals surface area contributed by atoms with Crippen molar-refractivity contribution in [2.75, 3.05) is 19.0 Å². The fraction of sp³-hybridized carbons (Fsp3) is 0.545. The highest BCUT2D eigenvalue weighted by Crippen LogP contribution is 2.42. The topological polar surface area (TPSA) is 212 Å². The average molecular weight is 753 g/mol. The highest BCUT2D eigenvalue weighted by atomic mass is 32.2. The van der Waals surface area contributed by atoms with Crippen LogP contribution in [0, 0.1) is 10.7 Å². The van der Waals surface area contributed by atoms with Crippen molar-refractivity contribution < 1.29 is 66.7 Å². The van der Waals surface area contributed by atoms with Crippen molar-refractivity contribution in [1.82, 2.24) is 5.32 Å². The second-order valence-corrected chi connectivity index (χ2v) is 13.3. The van der Waals surface area contributed by atoms with E-state index >= 15 is 0 Å². The van der Waals surface area contributed by atoms with Crippen LogP contribution in [0.4, 0.5) is 0 Å². The SMILES string of the molecule is C=CCO[C@H]1O[C@H](CSC#N)[C@H](S[C@@H]2O[C@H](COC(C)=O)[C@H](OC(C)=O)[C@H](OC(C)=O)[C@H]2OC(C)=O)[C@H](OC(=O)c2ccccc2)[C@H]1NC(C)=O. The number of thioether (sulfide) groups is 2. The van der Waals surface area contributed by atoms with Gasteiger partial charge in [-0.2, -0.15) is 5.26 Å². The van der Waals surface area contributed by atoms with Gasteiger partial charge >= 0.3 is 29.8 Å². The van der Waals surface area contributed by atoms with Crippen LogP contribution in [0.2, 0.25) is 0 Å². The molecular weight excluding hydrogens is 712 g/mol. The summed E-state index contributed by atoms with van der Waals surface area (Å²) in [6, 6.07) is 6.91. The molecule has 2 heterocycles. The number of nitrogens with zero attached hydrogens (tertiary/aromatic N) is 1. The second-order valence-electron chi connectivity index (χ2n) is 11.2. The normalized spacial score (nSPS) is 28.5. The van der Waals surface area contributed by atoms with Crippen molar-refractivity contribution >= 4 is 59.3 Å². The maximum atomic E-state index is 13.6. The maximum Gasteiger partial charge on any atom is 0.338 e. The zero-order valence-corrected chi connectivity index (χ0v) is 30.2. The standard InChI is InChI=1S/C33H40N2O14S2/c1-7-13-42-32-25(35-17(2)36)27(49-31(41)22-11-9-8-10-12-22)30(24(47-32)15-50-16-34)51-33-29(46-21(6)40)28(45-20(5)39)26(44-19(4)38)23(48-33)14-43-18(3)37/h7-12,23-30,32-33H,1,13-15H2,2-6H3,(H,35,36)/t23-,24-,25-,26+,27-,28+,29-,30+,32+,33+/m1/s1. The van der Waals surface area contributed by atoms with Gasteiger partial charge in [0, 0.05) is 40.4 Å². The Morgan fingerprint density at radius 2 is 1.47 bits per heavy atom. The number of hydrogen-bond acceptors (Lipinski definition) is 17. The summed E-state index contributed by atoms with van der Waals surface area (Å²) in [5.41, 5.74) is -1.12. The Balaban J connectivity index is 2.19. The van der Waals surface area contributed by atoms with Crippen molar-refractivity contribution in [2.24, 2.45) is 0 Å². The molecule has 0 bridgehead atoms. The van der Waals surface area contributed by atoms with E-state index in [0.29, 0.717) is 0 Å². The van der Waals surface area contributed by atoms with Gasteiger partial charge in [-0.3, -0.25) is 24.0 Å². The molecule has 0 aromatic heterocycles. The molecule has 3 rings (SSSR count). The molecule has 0 saturated carbocycles. The molecule has 0 spiro atoms. The first-order chi connectivity index (χ1) is 24.2. The summed E-state index contributed by atoms with van der Waals surface area (Å²) < 4.78 is 46.5. The lowest BCUT2D eigenvalue weighted by Crippen LogP contribution is -2.66. The highest BCUT2D eigenvalue weighted by molar-refractivity contribution is 8.04. The Bertz CT molecular complexity index is 1460. The Morgan fingerprint density at radius 1 is 0.843 bits per heavy atom. The minimum Gasteiger partial charge on any atom is -0.463 e. The quantitative estimate of drug-likeness (QED) is 0.118. The van der Waals surface area contributed by atoms with Crippen LogP contribution in [0.15, 0.2) is 43.0 Å². The van der Waals surface area contributed by atoms with E-state index in [1.54, 1.807) is 18.2 Å². The molecule has 18 heteroatoms. The van der Waals surface area contributed by atoms with E-state index in [1.807, 2.05) is 5.40 Å². The van der Waals surface area contributed by atoms with E-state index in [9.17, 15) is 34.0 Å². The van der Waals surface area contributed by atoms with E-state index in [0.717, 1.165) is 51.2 Å². The largest absolute Gasteiger partial charge is 0.463 e. The molecule has 2 fully saturated rings. The van der Waals surface area contributed by atoms with E-state index in [4.69, 9.17) is 37.9 Å². The molecule has 2 aliphatic heterocycles. The number of nitrogens with one attached hydrogen (secondary N) is 1. The zero-order chi connectivity index (χ0) is 37.7. The molecule has 16 nitrogen and oxygen atoms in total. The molecule has 10 atom stereocenters. The lowest BCUT2D eigenvalue weighted by molar-refractivity contribution is -0.238. The first kappa shape index (κ1) is 41.3. The number of rotatable bonds is 15. The minimum absolute atomic E-state index is 0.000426. The summed E-state index contributed by atoms with van der Waals surface area (Å²) in [4.78, 5) is 75.0. The number of esters is 5. The summed E-state index contributed by atoms with van der Waals surface area (Å²) in [5.74, 6) is -4.41. The summed E-state index contributed by atoms with van der Waals surface area (Å²) in [6.07, 6.45) is -7.56. The van der Waals surface area contributed by atoms with Crippen molar-refractivity contribution in [2.45, 2.75) is 94.3 Å². The smallest absolute Gasteiger partial charge is 0.338 e. The number of benzene rings is 1. The summed E-state index contributed by atoms with van der Waals surface area (Å²) in [5, 5.41) is 13.2. The van der Waals surface area contributed by atoms with Crippen molar-refractivity contribution in [3.63, 3.8) is 0 Å². The van der Waals surface area contributed by atoms with Crippen LogP contribution >= 0.6 is 23.5 Å². The van der Waals surface area contributed by atoms with Gasteiger partial charge < -0.3 is 43.2 Å². The molecule has 1 aromatic rings. The molecule has 51 heavy (non-hydrogen) atoms. The summed E-state index contributed by atoms with van der Waals surface area (Å²) >= 11 is 1.75. The van der Waals surface area contributed by atoms with Gasteiger partial charge in [0.1, 0.15) is 35.7 Å². The number of ether oxygens (including phenoxy) is 8. The Hall–Kier alpha value is -4.15. The fourth-order valence-electron chi connectivity index (χ4n) is 5.37. The molecule has 2 saturated heterocycles. The number of carbonyl (C=O) groups excluding carboxylic acids is 6. The van der Waals surface area contributed by atoms with Crippen LogP contribution in [0.3, 0.4) is 0 Å². The number of carbonyl (C=O) groups is 6. The highest BCUT2D eigenvalue weighted by Gasteiger charge is 2.56. The monoisotopic (exact) mass is 752 g/mol. The van der Waals surface area contributed by atoms with Gasteiger partial charge in [0.05, 0.1) is 23.5 Å².